The van der Waals surface area contributed by atoms with Crippen molar-refractivity contribution < 1.29 is 41.7 Å². The lowest BCUT2D eigenvalue weighted by Gasteiger charge is -2.27. The summed E-state index contributed by atoms with van der Waals surface area (Å²) in [5.41, 5.74) is 0.460. The van der Waals surface area contributed by atoms with Crippen LogP contribution >= 0.6 is 0 Å². The van der Waals surface area contributed by atoms with Crippen LogP contribution in [0.25, 0.3) is 0 Å². The van der Waals surface area contributed by atoms with Crippen LogP contribution in [0.15, 0.2) is 18.2 Å². The number of alkyl halides is 3. The molecule has 12 heteroatoms. The van der Waals surface area contributed by atoms with Crippen LogP contribution in [0.3, 0.4) is 0 Å². The summed E-state index contributed by atoms with van der Waals surface area (Å²) in [4.78, 5) is 18.4. The number of anilines is 1. The number of aliphatic carboxylic acids is 1. The summed E-state index contributed by atoms with van der Waals surface area (Å²) in [7, 11) is 2.77. The van der Waals surface area contributed by atoms with Crippen LogP contribution in [-0.4, -0.2) is 67.5 Å². The quantitative estimate of drug-likeness (QED) is 0.265. The molecule has 1 saturated heterocycles. The fourth-order valence-corrected chi connectivity index (χ4v) is 5.41. The van der Waals surface area contributed by atoms with Crippen molar-refractivity contribution in [2.75, 3.05) is 45.8 Å². The first-order valence-corrected chi connectivity index (χ1v) is 13.5. The minimum Gasteiger partial charge on any atom is -0.496 e. The van der Waals surface area contributed by atoms with Crippen LogP contribution in [0, 0.1) is 5.82 Å². The maximum absolute atomic E-state index is 14.4. The van der Waals surface area contributed by atoms with Crippen LogP contribution < -0.4 is 14.8 Å². The number of unbranched alkanes of at least 4 members (excludes halogenated alkanes) is 2. The number of aryl methyl sites for hydroxylation is 1. The number of nitrogens with zero attached hydrogens (tertiary/aromatic N) is 2. The number of ether oxygens (including phenoxy) is 3. The smallest absolute Gasteiger partial charge is 0.416 e. The van der Waals surface area contributed by atoms with E-state index in [2.05, 4.69) is 5.32 Å². The Balaban J connectivity index is 1.28. The zero-order chi connectivity index (χ0) is 28.9. The second-order valence-corrected chi connectivity index (χ2v) is 10.1. The summed E-state index contributed by atoms with van der Waals surface area (Å²) >= 11 is 0. The van der Waals surface area contributed by atoms with E-state index in [0.717, 1.165) is 75.0 Å². The van der Waals surface area contributed by atoms with E-state index in [-0.39, 0.29) is 24.8 Å². The minimum atomic E-state index is -4.83. The summed E-state index contributed by atoms with van der Waals surface area (Å²) in [5.74, 6) is -1.39. The number of carboxylic acid groups (broad SMARTS) is 1. The summed E-state index contributed by atoms with van der Waals surface area (Å²) in [6.07, 6.45) is 0.829. The van der Waals surface area contributed by atoms with E-state index >= 15 is 0 Å². The predicted octanol–water partition coefficient (Wildman–Crippen LogP) is 5.24. The number of hydrogen-bond donors (Lipinski definition) is 2. The Kier molecular flexibility index (Phi) is 9.72. The fourth-order valence-electron chi connectivity index (χ4n) is 5.41. The maximum atomic E-state index is 14.4. The molecule has 4 rings (SSSR count). The highest BCUT2D eigenvalue weighted by Gasteiger charge is 2.39. The number of nitrogens with one attached hydrogen (secondary N) is 1. The molecule has 2 aromatic rings. The normalized spacial score (nSPS) is 18.2. The highest BCUT2D eigenvalue weighted by atomic mass is 19.4. The lowest BCUT2D eigenvalue weighted by molar-refractivity contribution is -0.144. The van der Waals surface area contributed by atoms with Gasteiger partial charge in [0.1, 0.15) is 17.6 Å². The molecule has 0 amide bonds. The molecular formula is C28H35F4N3O5. The lowest BCUT2D eigenvalue weighted by Crippen LogP contribution is -2.34. The van der Waals surface area contributed by atoms with Crippen molar-refractivity contribution in [1.29, 1.82) is 0 Å². The Morgan fingerprint density at radius 3 is 2.70 bits per heavy atom. The van der Waals surface area contributed by atoms with E-state index in [1.807, 2.05) is 6.07 Å². The third-order valence-corrected chi connectivity index (χ3v) is 7.36. The largest absolute Gasteiger partial charge is 0.496 e. The number of hydrogen-bond acceptors (Lipinski definition) is 7. The number of halogens is 4. The average Bonchev–Trinajstić information content (AvgIpc) is 3.37. The Hall–Kier alpha value is -3.12. The standard InChI is InChI=1S/C28H35F4N3O5/c1-38-23-15-18(34-26-20(23)8-6-10-33-26)7-4-3-5-12-40-19-9-11-35(16-19)24(27(36)37)21-13-17(28(30,31)32)14-22(29)25(21)39-2/h13-15,19,24H,3-12,16H2,1-2H3,(H,33,34)(H,36,37)/t19-,24?/m1/s1. The number of benzene rings is 1. The lowest BCUT2D eigenvalue weighted by atomic mass is 10.0. The molecule has 0 aliphatic carbocycles. The molecule has 2 atom stereocenters. The van der Waals surface area contributed by atoms with E-state index in [9.17, 15) is 27.5 Å². The van der Waals surface area contributed by atoms with Gasteiger partial charge in [-0.1, -0.05) is 6.42 Å². The third kappa shape index (κ3) is 6.95. The molecule has 1 fully saturated rings. The summed E-state index contributed by atoms with van der Waals surface area (Å²) in [6.45, 7) is 1.85. The Morgan fingerprint density at radius 2 is 2.00 bits per heavy atom. The van der Waals surface area contributed by atoms with E-state index < -0.39 is 35.3 Å². The van der Waals surface area contributed by atoms with Crippen LogP contribution in [0.5, 0.6) is 11.5 Å². The fraction of sp³-hybridized carbons (Fsp3) is 0.571. The molecule has 40 heavy (non-hydrogen) atoms. The zero-order valence-corrected chi connectivity index (χ0v) is 22.7. The number of fused-ring (bicyclic) bond motifs is 1. The Morgan fingerprint density at radius 1 is 1.20 bits per heavy atom. The monoisotopic (exact) mass is 569 g/mol. The van der Waals surface area contributed by atoms with E-state index in [0.29, 0.717) is 25.2 Å². The molecular weight excluding hydrogens is 534 g/mol. The molecule has 8 nitrogen and oxygen atoms in total. The SMILES string of the molecule is COc1cc(CCCCCO[C@@H]2CCN(C(C(=O)O)c3cc(C(F)(F)F)cc(F)c3OC)C2)nc2c1CCCN2. The molecule has 0 bridgehead atoms. The molecule has 1 aromatic heterocycles. The van der Waals surface area contributed by atoms with Gasteiger partial charge in [0, 0.05) is 49.1 Å². The van der Waals surface area contributed by atoms with Crippen LogP contribution in [-0.2, 0) is 28.5 Å². The molecule has 3 heterocycles. The third-order valence-electron chi connectivity index (χ3n) is 7.36. The van der Waals surface area contributed by atoms with Gasteiger partial charge in [-0.2, -0.15) is 13.2 Å². The number of pyridine rings is 1. The first kappa shape index (κ1) is 29.9. The highest BCUT2D eigenvalue weighted by molar-refractivity contribution is 5.77. The molecule has 2 aliphatic heterocycles. The Labute approximate surface area is 230 Å². The topological polar surface area (TPSA) is 93.2 Å². The minimum absolute atomic E-state index is 0.198. The van der Waals surface area contributed by atoms with Gasteiger partial charge in [0.15, 0.2) is 11.6 Å². The van der Waals surface area contributed by atoms with E-state index in [1.165, 1.54) is 4.90 Å². The number of aromatic nitrogens is 1. The summed E-state index contributed by atoms with van der Waals surface area (Å²) in [6, 6.07) is 1.46. The van der Waals surface area contributed by atoms with Crippen molar-refractivity contribution in [3.05, 3.63) is 46.4 Å². The van der Waals surface area contributed by atoms with Gasteiger partial charge in [0.2, 0.25) is 0 Å². The second-order valence-electron chi connectivity index (χ2n) is 10.1. The van der Waals surface area contributed by atoms with Gasteiger partial charge in [-0.25, -0.2) is 9.37 Å². The highest BCUT2D eigenvalue weighted by Crippen LogP contribution is 2.39. The molecule has 0 radical (unpaired) electrons. The van der Waals surface area contributed by atoms with Crippen molar-refractivity contribution in [2.24, 2.45) is 0 Å². The van der Waals surface area contributed by atoms with Gasteiger partial charge in [0.25, 0.3) is 0 Å². The number of carbonyl (C=O) groups is 1. The van der Waals surface area contributed by atoms with Gasteiger partial charge < -0.3 is 24.6 Å². The number of methoxy groups -OCH3 is 2. The van der Waals surface area contributed by atoms with Crippen molar-refractivity contribution in [1.82, 2.24) is 9.88 Å². The zero-order valence-electron chi connectivity index (χ0n) is 22.7. The van der Waals surface area contributed by atoms with Gasteiger partial charge in [-0.3, -0.25) is 9.69 Å². The van der Waals surface area contributed by atoms with Crippen molar-refractivity contribution >= 4 is 11.8 Å². The van der Waals surface area contributed by atoms with Crippen molar-refractivity contribution in [3.63, 3.8) is 0 Å². The van der Waals surface area contributed by atoms with Crippen molar-refractivity contribution in [3.8, 4) is 11.5 Å². The van der Waals surface area contributed by atoms with Crippen LogP contribution in [0.1, 0.15) is 60.5 Å². The molecule has 0 spiro atoms. The van der Waals surface area contributed by atoms with Gasteiger partial charge in [-0.05, 0) is 50.7 Å². The van der Waals surface area contributed by atoms with Crippen LogP contribution in [0.4, 0.5) is 23.4 Å². The molecule has 1 unspecified atom stereocenters. The second kappa shape index (κ2) is 13.0. The molecule has 2 aliphatic rings. The van der Waals surface area contributed by atoms with Crippen molar-refractivity contribution in [2.45, 2.75) is 63.3 Å². The van der Waals surface area contributed by atoms with Gasteiger partial charge in [0.05, 0.1) is 25.9 Å². The van der Waals surface area contributed by atoms with E-state index in [4.69, 9.17) is 19.2 Å². The van der Waals surface area contributed by atoms with Gasteiger partial charge in [-0.15, -0.1) is 0 Å². The van der Waals surface area contributed by atoms with Crippen LogP contribution in [0.2, 0.25) is 0 Å². The maximum Gasteiger partial charge on any atom is 0.416 e. The summed E-state index contributed by atoms with van der Waals surface area (Å²) in [5, 5.41) is 13.2. The average molecular weight is 570 g/mol. The number of likely N-dealkylation sites (tertiary alicyclic amines) is 1. The van der Waals surface area contributed by atoms with E-state index in [1.54, 1.807) is 7.11 Å². The Bertz CT molecular complexity index is 1180. The number of carboxylic acids is 1. The molecule has 1 aromatic carbocycles. The van der Waals surface area contributed by atoms with Gasteiger partial charge >= 0.3 is 12.1 Å². The predicted molar refractivity (Wildman–Crippen MR) is 139 cm³/mol. The number of rotatable bonds is 12. The molecule has 220 valence electrons. The first-order valence-electron chi connectivity index (χ1n) is 13.5. The summed E-state index contributed by atoms with van der Waals surface area (Å²) < 4.78 is 70.8. The molecule has 0 saturated carbocycles. The molecule has 2 N–H and O–H groups in total. The first-order chi connectivity index (χ1) is 19.1.